The first-order chi connectivity index (χ1) is 8.74. The maximum absolute atomic E-state index is 11.3. The minimum atomic E-state index is -0.677. The number of rotatable bonds is 6. The Kier molecular flexibility index (Phi) is 8.49. The number of hydrogen-bond donors (Lipinski definition) is 2. The lowest BCUT2D eigenvalue weighted by molar-refractivity contribution is -0.0149. The van der Waals surface area contributed by atoms with Crippen LogP contribution in [0.2, 0.25) is 0 Å². The van der Waals surface area contributed by atoms with E-state index in [1.54, 1.807) is 27.7 Å². The van der Waals surface area contributed by atoms with E-state index >= 15 is 0 Å². The molecule has 0 spiro atoms. The summed E-state index contributed by atoms with van der Waals surface area (Å²) in [6, 6.07) is 0. The summed E-state index contributed by atoms with van der Waals surface area (Å²) >= 11 is 3.12. The van der Waals surface area contributed by atoms with Gasteiger partial charge >= 0.3 is 12.2 Å². The molecule has 0 aromatic carbocycles. The number of carbonyl (C=O) groups is 2. The lowest BCUT2D eigenvalue weighted by atomic mass is 10.2. The number of carbonyl (C=O) groups excluding carboxylic acids is 2. The molecular weight excluding hydrogens is 320 g/mol. The molecule has 0 radical (unpaired) electrons. The van der Waals surface area contributed by atoms with Crippen LogP contribution in [0.1, 0.15) is 27.7 Å². The van der Waals surface area contributed by atoms with Gasteiger partial charge in [0.25, 0.3) is 0 Å². The molecule has 2 amide bonds. The topological polar surface area (TPSA) is 85.9 Å². The number of hydrogen-bond acceptors (Lipinski definition) is 5. The Labute approximate surface area is 121 Å². The molecule has 0 heterocycles. The monoisotopic (exact) mass is 340 g/mol. The van der Waals surface area contributed by atoms with Gasteiger partial charge in [0, 0.05) is 11.9 Å². The maximum atomic E-state index is 11.3. The van der Waals surface area contributed by atoms with Crippen LogP contribution < -0.4 is 10.8 Å². The summed E-state index contributed by atoms with van der Waals surface area (Å²) in [6.07, 6.45) is -1.63. The molecule has 7 nitrogen and oxygen atoms in total. The van der Waals surface area contributed by atoms with Crippen molar-refractivity contribution in [3.63, 3.8) is 0 Å². The van der Waals surface area contributed by atoms with E-state index < -0.39 is 23.9 Å². The Balaban J connectivity index is 3.72. The SMILES string of the molecule is CC(CNC(=O)OC(C)(C)C)ONC(=O)OCCBr. The molecule has 0 saturated carbocycles. The average molecular weight is 341 g/mol. The molecule has 0 fully saturated rings. The smallest absolute Gasteiger partial charge is 0.431 e. The van der Waals surface area contributed by atoms with Gasteiger partial charge in [0.15, 0.2) is 0 Å². The third-order valence-corrected chi connectivity index (χ3v) is 1.91. The van der Waals surface area contributed by atoms with E-state index in [4.69, 9.17) is 14.3 Å². The van der Waals surface area contributed by atoms with Crippen LogP contribution in [0.3, 0.4) is 0 Å². The Morgan fingerprint density at radius 1 is 1.26 bits per heavy atom. The summed E-state index contributed by atoms with van der Waals surface area (Å²) in [4.78, 5) is 27.3. The standard InChI is InChI=1S/C11H21BrN2O5/c1-8(19-14-10(16)17-6-5-12)7-13-9(15)18-11(2,3)4/h8H,5-7H2,1-4H3,(H,13,15)(H,14,16). The van der Waals surface area contributed by atoms with Crippen LogP contribution in [-0.4, -0.2) is 42.4 Å². The van der Waals surface area contributed by atoms with Crippen molar-refractivity contribution in [3.8, 4) is 0 Å². The molecule has 0 bridgehead atoms. The summed E-state index contributed by atoms with van der Waals surface area (Å²) in [5.41, 5.74) is 1.57. The molecule has 1 atom stereocenters. The number of alkyl carbamates (subject to hydrolysis) is 1. The van der Waals surface area contributed by atoms with E-state index in [0.717, 1.165) is 0 Å². The molecule has 19 heavy (non-hydrogen) atoms. The van der Waals surface area contributed by atoms with Gasteiger partial charge < -0.3 is 14.8 Å². The Bertz CT molecular complexity index is 293. The van der Waals surface area contributed by atoms with Gasteiger partial charge in [-0.15, -0.1) is 0 Å². The molecule has 0 aliphatic carbocycles. The average Bonchev–Trinajstić information content (AvgIpc) is 2.29. The molecule has 0 aliphatic heterocycles. The van der Waals surface area contributed by atoms with Gasteiger partial charge in [0.05, 0.1) is 0 Å². The van der Waals surface area contributed by atoms with Crippen molar-refractivity contribution in [3.05, 3.63) is 0 Å². The normalized spacial score (nSPS) is 12.5. The Morgan fingerprint density at radius 2 is 1.89 bits per heavy atom. The van der Waals surface area contributed by atoms with Gasteiger partial charge in [0.1, 0.15) is 18.3 Å². The number of ether oxygens (including phenoxy) is 2. The van der Waals surface area contributed by atoms with Crippen LogP contribution >= 0.6 is 15.9 Å². The highest BCUT2D eigenvalue weighted by Gasteiger charge is 2.16. The van der Waals surface area contributed by atoms with E-state index in [1.807, 2.05) is 0 Å². The number of hydroxylamine groups is 1. The van der Waals surface area contributed by atoms with Crippen molar-refractivity contribution in [2.24, 2.45) is 0 Å². The van der Waals surface area contributed by atoms with E-state index in [1.165, 1.54) is 0 Å². The van der Waals surface area contributed by atoms with Crippen LogP contribution in [0.25, 0.3) is 0 Å². The van der Waals surface area contributed by atoms with Crippen molar-refractivity contribution in [1.29, 1.82) is 0 Å². The summed E-state index contributed by atoms with van der Waals surface area (Å²) in [5, 5.41) is 3.07. The highest BCUT2D eigenvalue weighted by molar-refractivity contribution is 9.09. The van der Waals surface area contributed by atoms with E-state index in [9.17, 15) is 9.59 Å². The zero-order valence-electron chi connectivity index (χ0n) is 11.6. The first-order valence-corrected chi connectivity index (χ1v) is 6.98. The van der Waals surface area contributed by atoms with Crippen LogP contribution in [0.15, 0.2) is 0 Å². The zero-order valence-corrected chi connectivity index (χ0v) is 13.2. The maximum Gasteiger partial charge on any atom is 0.431 e. The largest absolute Gasteiger partial charge is 0.447 e. The highest BCUT2D eigenvalue weighted by Crippen LogP contribution is 2.06. The van der Waals surface area contributed by atoms with Crippen molar-refractivity contribution in [2.75, 3.05) is 18.5 Å². The fourth-order valence-corrected chi connectivity index (χ4v) is 1.05. The van der Waals surface area contributed by atoms with Crippen LogP contribution in [0.4, 0.5) is 9.59 Å². The highest BCUT2D eigenvalue weighted by atomic mass is 79.9. The molecule has 0 aromatic heterocycles. The minimum absolute atomic E-state index is 0.202. The molecular formula is C11H21BrN2O5. The van der Waals surface area contributed by atoms with Crippen molar-refractivity contribution < 1.29 is 23.9 Å². The third-order valence-electron chi connectivity index (χ3n) is 1.59. The van der Waals surface area contributed by atoms with Gasteiger partial charge in [-0.3, -0.25) is 4.84 Å². The summed E-state index contributed by atoms with van der Waals surface area (Å²) in [5.74, 6) is 0. The predicted molar refractivity (Wildman–Crippen MR) is 73.1 cm³/mol. The quantitative estimate of drug-likeness (QED) is 0.570. The second-order valence-electron chi connectivity index (χ2n) is 4.74. The second kappa shape index (κ2) is 8.98. The third kappa shape index (κ3) is 11.8. The number of amides is 2. The molecule has 2 N–H and O–H groups in total. The summed E-state index contributed by atoms with van der Waals surface area (Å²) in [7, 11) is 0. The second-order valence-corrected chi connectivity index (χ2v) is 5.53. The van der Waals surface area contributed by atoms with Crippen molar-refractivity contribution in [2.45, 2.75) is 39.4 Å². The van der Waals surface area contributed by atoms with Gasteiger partial charge in [-0.1, -0.05) is 15.9 Å². The fourth-order valence-electron chi connectivity index (χ4n) is 0.892. The molecule has 8 heteroatoms. The molecule has 0 aromatic rings. The molecule has 1 unspecified atom stereocenters. The molecule has 112 valence electrons. The van der Waals surface area contributed by atoms with E-state index in [0.29, 0.717) is 5.33 Å². The Morgan fingerprint density at radius 3 is 2.42 bits per heavy atom. The predicted octanol–water partition coefficient (Wildman–Crippen LogP) is 1.95. The van der Waals surface area contributed by atoms with Gasteiger partial charge in [-0.25, -0.2) is 9.59 Å². The molecule has 0 aliphatic rings. The van der Waals surface area contributed by atoms with Gasteiger partial charge in [-0.05, 0) is 27.7 Å². The van der Waals surface area contributed by atoms with Gasteiger partial charge in [0.2, 0.25) is 0 Å². The molecule has 0 rings (SSSR count). The number of halogens is 1. The van der Waals surface area contributed by atoms with Crippen LogP contribution in [0, 0.1) is 0 Å². The number of alkyl halides is 1. The minimum Gasteiger partial charge on any atom is -0.447 e. The van der Waals surface area contributed by atoms with Crippen LogP contribution in [0.5, 0.6) is 0 Å². The fraction of sp³-hybridized carbons (Fsp3) is 0.818. The van der Waals surface area contributed by atoms with Crippen molar-refractivity contribution in [1.82, 2.24) is 10.8 Å². The van der Waals surface area contributed by atoms with Crippen LogP contribution in [-0.2, 0) is 14.3 Å². The summed E-state index contributed by atoms with van der Waals surface area (Å²) < 4.78 is 9.74. The Hall–Kier alpha value is -1.02. The molecule has 0 saturated heterocycles. The van der Waals surface area contributed by atoms with E-state index in [-0.39, 0.29) is 13.2 Å². The lowest BCUT2D eigenvalue weighted by Crippen LogP contribution is -2.39. The first-order valence-electron chi connectivity index (χ1n) is 5.86. The zero-order chi connectivity index (χ0) is 14.9. The van der Waals surface area contributed by atoms with Gasteiger partial charge in [-0.2, -0.15) is 5.48 Å². The number of nitrogens with one attached hydrogen (secondary N) is 2. The van der Waals surface area contributed by atoms with E-state index in [2.05, 4.69) is 26.7 Å². The van der Waals surface area contributed by atoms with Crippen molar-refractivity contribution >= 4 is 28.1 Å². The first kappa shape index (κ1) is 18.0. The lowest BCUT2D eigenvalue weighted by Gasteiger charge is -2.20. The summed E-state index contributed by atoms with van der Waals surface area (Å²) in [6.45, 7) is 7.45.